The molecule has 0 spiro atoms. The Bertz CT molecular complexity index is 6810. The molecule has 0 unspecified atom stereocenters. The van der Waals surface area contributed by atoms with Gasteiger partial charge in [-0.05, 0) is 245 Å². The molecule has 22 aromatic rings. The zero-order valence-electron chi connectivity index (χ0n) is 63.8. The standard InChI is InChI=1S/C111H72N6/c1-9-29-73(30-10-1)81-49-55-103-95(67-81)96-68-82(74-31-11-2-12-32-74)50-56-104(96)115(103)101-47-27-25-45-93(101)109-112-110(94-46-26-28-48-102(94)116-105-57-51-83(75-33-13-3-14-34-75)69-97(105)98-70-84(52-58-106(98)116)76-35-15-4-16-36-76)114-111(113-109)117-107-59-53-85(91-63-87(77-37-17-5-18-38-77)61-88(64-91)78-39-19-6-20-40-78)71-99(107)100-72-86(54-60-108(100)117)92-65-89(79-41-21-7-22-42-79)62-90(66-92)80-43-23-8-24-44-80/h1-72H. The van der Waals surface area contributed by atoms with Crippen molar-refractivity contribution < 1.29 is 0 Å². The van der Waals surface area contributed by atoms with Gasteiger partial charge in [0.25, 0.3) is 0 Å². The number of nitrogens with zero attached hydrogens (tertiary/aromatic N) is 6. The van der Waals surface area contributed by atoms with Gasteiger partial charge in [-0.25, -0.2) is 4.98 Å². The lowest BCUT2D eigenvalue weighted by Gasteiger charge is -2.17. The van der Waals surface area contributed by atoms with E-state index in [0.29, 0.717) is 17.6 Å². The first kappa shape index (κ1) is 68.2. The SMILES string of the molecule is c1ccc(-c2cc(-c3ccccc3)cc(-c3ccc4c(c3)c3cc(-c5cc(-c6ccccc6)cc(-c6ccccc6)c5)ccc3n4-c3nc(-c4ccccc4-n4c5ccc(-c6ccccc6)cc5c5cc(-c6ccccc6)ccc54)nc(-c4ccccc4-n4c5ccc(-c6ccccc6)cc5c5cc(-c6ccccc6)ccc54)n3)c2)cc1. The van der Waals surface area contributed by atoms with E-state index in [-0.39, 0.29) is 0 Å². The second-order valence-electron chi connectivity index (χ2n) is 30.2. The number of para-hydroxylation sites is 2. The second kappa shape index (κ2) is 28.8. The Kier molecular flexibility index (Phi) is 16.8. The lowest BCUT2D eigenvalue weighted by atomic mass is 9.92. The van der Waals surface area contributed by atoms with Crippen molar-refractivity contribution in [3.63, 3.8) is 0 Å². The monoisotopic (exact) mass is 1490 g/mol. The molecule has 0 radical (unpaired) electrons. The molecule has 4 heterocycles. The Balaban J connectivity index is 0.812. The van der Waals surface area contributed by atoms with E-state index < -0.39 is 0 Å². The van der Waals surface area contributed by atoms with E-state index in [1.54, 1.807) is 0 Å². The molecule has 0 aliphatic heterocycles. The van der Waals surface area contributed by atoms with Crippen LogP contribution in [0.3, 0.4) is 0 Å². The Labute approximate surface area is 677 Å². The molecule has 0 saturated heterocycles. The van der Waals surface area contributed by atoms with Gasteiger partial charge < -0.3 is 9.13 Å². The number of hydrogen-bond acceptors (Lipinski definition) is 3. The van der Waals surface area contributed by atoms with Crippen LogP contribution in [-0.4, -0.2) is 28.7 Å². The van der Waals surface area contributed by atoms with Crippen molar-refractivity contribution in [3.8, 4) is 151 Å². The first-order valence-corrected chi connectivity index (χ1v) is 39.9. The number of hydrogen-bond donors (Lipinski definition) is 0. The Morgan fingerprint density at radius 1 is 0.137 bits per heavy atom. The Hall–Kier alpha value is -15.6. The van der Waals surface area contributed by atoms with E-state index in [9.17, 15) is 0 Å². The van der Waals surface area contributed by atoms with Crippen molar-refractivity contribution in [2.75, 3.05) is 0 Å². The molecule has 0 saturated carbocycles. The van der Waals surface area contributed by atoms with Gasteiger partial charge in [0.1, 0.15) is 0 Å². The second-order valence-corrected chi connectivity index (χ2v) is 30.2. The molecule has 0 atom stereocenters. The highest BCUT2D eigenvalue weighted by Crippen LogP contribution is 2.46. The van der Waals surface area contributed by atoms with Crippen molar-refractivity contribution in [1.29, 1.82) is 0 Å². The van der Waals surface area contributed by atoms with Crippen LogP contribution < -0.4 is 0 Å². The zero-order chi connectivity index (χ0) is 77.3. The third kappa shape index (κ3) is 12.4. The van der Waals surface area contributed by atoms with E-state index in [1.807, 2.05) is 0 Å². The van der Waals surface area contributed by atoms with Gasteiger partial charge in [0.2, 0.25) is 5.95 Å². The summed E-state index contributed by atoms with van der Waals surface area (Å²) in [5.41, 5.74) is 32.3. The van der Waals surface area contributed by atoms with Crippen LogP contribution in [0.1, 0.15) is 0 Å². The molecular weight excluding hydrogens is 1420 g/mol. The molecule has 0 N–H and O–H groups in total. The zero-order valence-corrected chi connectivity index (χ0v) is 63.8. The number of fused-ring (bicyclic) bond motifs is 9. The summed E-state index contributed by atoms with van der Waals surface area (Å²) in [5.74, 6) is 1.50. The van der Waals surface area contributed by atoms with Crippen LogP contribution in [0.15, 0.2) is 437 Å². The molecule has 18 aromatic carbocycles. The van der Waals surface area contributed by atoms with Crippen molar-refractivity contribution in [2.45, 2.75) is 0 Å². The molecule has 0 aliphatic rings. The summed E-state index contributed by atoms with van der Waals surface area (Å²) in [6.07, 6.45) is 0. The van der Waals surface area contributed by atoms with Crippen LogP contribution in [0.25, 0.3) is 217 Å². The molecule has 6 nitrogen and oxygen atoms in total. The number of aromatic nitrogens is 6. The van der Waals surface area contributed by atoms with Gasteiger partial charge in [-0.15, -0.1) is 0 Å². The van der Waals surface area contributed by atoms with Crippen molar-refractivity contribution >= 4 is 65.4 Å². The molecule has 6 heteroatoms. The Morgan fingerprint density at radius 3 is 0.564 bits per heavy atom. The maximum absolute atomic E-state index is 5.94. The lowest BCUT2D eigenvalue weighted by molar-refractivity contribution is 0.950. The predicted molar refractivity (Wildman–Crippen MR) is 488 cm³/mol. The average Bonchev–Trinajstić information content (AvgIpc) is 1.59. The fourth-order valence-electron chi connectivity index (χ4n) is 17.6. The highest BCUT2D eigenvalue weighted by Gasteiger charge is 2.26. The van der Waals surface area contributed by atoms with E-state index in [1.165, 1.54) is 0 Å². The lowest BCUT2D eigenvalue weighted by Crippen LogP contribution is -2.09. The van der Waals surface area contributed by atoms with Crippen LogP contribution in [0.5, 0.6) is 0 Å². The van der Waals surface area contributed by atoms with Gasteiger partial charge >= 0.3 is 0 Å². The summed E-state index contributed by atoms with van der Waals surface area (Å²) in [6.45, 7) is 0. The van der Waals surface area contributed by atoms with Gasteiger partial charge in [0.15, 0.2) is 11.6 Å². The topological polar surface area (TPSA) is 53.5 Å². The molecule has 0 bridgehead atoms. The fourth-order valence-corrected chi connectivity index (χ4v) is 17.6. The van der Waals surface area contributed by atoms with E-state index in [2.05, 4.69) is 450 Å². The first-order valence-electron chi connectivity index (χ1n) is 39.9. The minimum Gasteiger partial charge on any atom is -0.309 e. The van der Waals surface area contributed by atoms with Crippen LogP contribution >= 0.6 is 0 Å². The van der Waals surface area contributed by atoms with Gasteiger partial charge in [0.05, 0.1) is 44.5 Å². The third-order valence-corrected chi connectivity index (χ3v) is 23.3. The smallest absolute Gasteiger partial charge is 0.238 e. The molecule has 0 fully saturated rings. The largest absolute Gasteiger partial charge is 0.309 e. The van der Waals surface area contributed by atoms with Crippen LogP contribution in [0, 0.1) is 0 Å². The summed E-state index contributed by atoms with van der Waals surface area (Å²) in [6, 6.07) is 159. The van der Waals surface area contributed by atoms with Crippen molar-refractivity contribution in [1.82, 2.24) is 28.7 Å². The van der Waals surface area contributed by atoms with Gasteiger partial charge in [-0.2, -0.15) is 9.97 Å². The van der Waals surface area contributed by atoms with Crippen molar-refractivity contribution in [3.05, 3.63) is 437 Å². The Morgan fingerprint density at radius 2 is 0.325 bits per heavy atom. The van der Waals surface area contributed by atoms with Crippen molar-refractivity contribution in [2.24, 2.45) is 0 Å². The minimum atomic E-state index is 0.472. The molecule has 0 amide bonds. The average molecular weight is 1490 g/mol. The molecule has 22 rings (SSSR count). The molecule has 4 aromatic heterocycles. The maximum Gasteiger partial charge on any atom is 0.238 e. The molecule has 0 aliphatic carbocycles. The fraction of sp³-hybridized carbons (Fsp3) is 0. The van der Waals surface area contributed by atoms with E-state index in [0.717, 1.165) is 199 Å². The summed E-state index contributed by atoms with van der Waals surface area (Å²) in [4.78, 5) is 17.8. The highest BCUT2D eigenvalue weighted by atomic mass is 15.2. The summed E-state index contributed by atoms with van der Waals surface area (Å²) < 4.78 is 7.13. The number of benzene rings is 18. The summed E-state index contributed by atoms with van der Waals surface area (Å²) >= 11 is 0. The van der Waals surface area contributed by atoms with Crippen LogP contribution in [-0.2, 0) is 0 Å². The van der Waals surface area contributed by atoms with Crippen LogP contribution in [0.2, 0.25) is 0 Å². The minimum absolute atomic E-state index is 0.472. The maximum atomic E-state index is 5.94. The molecular formula is C111H72N6. The van der Waals surface area contributed by atoms with E-state index >= 15 is 0 Å². The van der Waals surface area contributed by atoms with Gasteiger partial charge in [-0.1, -0.05) is 303 Å². The summed E-state index contributed by atoms with van der Waals surface area (Å²) in [7, 11) is 0. The molecule has 546 valence electrons. The summed E-state index contributed by atoms with van der Waals surface area (Å²) in [5, 5.41) is 6.65. The molecule has 117 heavy (non-hydrogen) atoms. The predicted octanol–water partition coefficient (Wildman–Crippen LogP) is 29.2. The van der Waals surface area contributed by atoms with E-state index in [4.69, 9.17) is 15.0 Å². The number of rotatable bonds is 15. The van der Waals surface area contributed by atoms with Crippen LogP contribution in [0.4, 0.5) is 0 Å². The first-order chi connectivity index (χ1) is 58.0. The quantitative estimate of drug-likeness (QED) is 0.103. The van der Waals surface area contributed by atoms with Gasteiger partial charge in [-0.3, -0.25) is 4.57 Å². The highest BCUT2D eigenvalue weighted by molar-refractivity contribution is 6.15. The normalized spacial score (nSPS) is 11.6. The third-order valence-electron chi connectivity index (χ3n) is 23.3. The van der Waals surface area contributed by atoms with Gasteiger partial charge in [0, 0.05) is 43.4 Å².